The summed E-state index contributed by atoms with van der Waals surface area (Å²) >= 11 is 0. The molecular formula is C20H27N3O3. The zero-order valence-electron chi connectivity index (χ0n) is 15.4. The van der Waals surface area contributed by atoms with Crippen molar-refractivity contribution < 1.29 is 14.3 Å². The summed E-state index contributed by atoms with van der Waals surface area (Å²) in [6.07, 6.45) is 3.06. The maximum Gasteiger partial charge on any atom is 0.320 e. The fraction of sp³-hybridized carbons (Fsp3) is 0.600. The molecule has 0 radical (unpaired) electrons. The first-order chi connectivity index (χ1) is 12.6. The van der Waals surface area contributed by atoms with Crippen molar-refractivity contribution in [2.24, 2.45) is 0 Å². The lowest BCUT2D eigenvalue weighted by atomic mass is 9.92. The molecule has 6 heteroatoms. The third-order valence-electron chi connectivity index (χ3n) is 6.04. The molecule has 1 atom stereocenters. The van der Waals surface area contributed by atoms with Crippen LogP contribution >= 0.6 is 0 Å². The Morgan fingerprint density at radius 1 is 1.23 bits per heavy atom. The number of carbonyl (C=O) groups is 2. The summed E-state index contributed by atoms with van der Waals surface area (Å²) in [5, 5.41) is 0. The van der Waals surface area contributed by atoms with Gasteiger partial charge in [-0.1, -0.05) is 30.3 Å². The SMILES string of the molecule is CN1CC2(CCOC2)N(C2CCN(C(=O)Cc3ccccc3)CC2)C1=O. The Labute approximate surface area is 154 Å². The first-order valence-corrected chi connectivity index (χ1v) is 9.53. The minimum absolute atomic E-state index is 0.115. The minimum atomic E-state index is -0.160. The lowest BCUT2D eigenvalue weighted by Crippen LogP contribution is -2.56. The van der Waals surface area contributed by atoms with E-state index in [1.54, 1.807) is 0 Å². The predicted molar refractivity (Wildman–Crippen MR) is 97.8 cm³/mol. The molecule has 1 spiro atoms. The summed E-state index contributed by atoms with van der Waals surface area (Å²) in [5.41, 5.74) is 0.894. The molecule has 1 unspecified atom stereocenters. The van der Waals surface area contributed by atoms with Gasteiger partial charge in [0.25, 0.3) is 0 Å². The van der Waals surface area contributed by atoms with Crippen molar-refractivity contribution in [3.8, 4) is 0 Å². The number of nitrogens with zero attached hydrogens (tertiary/aromatic N) is 3. The number of ether oxygens (including phenoxy) is 1. The number of hydrogen-bond donors (Lipinski definition) is 0. The second kappa shape index (κ2) is 6.91. The van der Waals surface area contributed by atoms with E-state index in [0.29, 0.717) is 13.0 Å². The van der Waals surface area contributed by atoms with E-state index in [1.165, 1.54) is 0 Å². The summed E-state index contributed by atoms with van der Waals surface area (Å²) in [6, 6.07) is 10.2. The van der Waals surface area contributed by atoms with Gasteiger partial charge < -0.3 is 19.4 Å². The maximum absolute atomic E-state index is 12.7. The highest BCUT2D eigenvalue weighted by molar-refractivity contribution is 5.80. The van der Waals surface area contributed by atoms with Gasteiger partial charge in [-0.15, -0.1) is 0 Å². The molecule has 0 bridgehead atoms. The molecule has 3 aliphatic rings. The van der Waals surface area contributed by atoms with Gasteiger partial charge in [0, 0.05) is 39.3 Å². The van der Waals surface area contributed by atoms with Crippen LogP contribution in [0.25, 0.3) is 0 Å². The van der Waals surface area contributed by atoms with E-state index in [1.807, 2.05) is 47.2 Å². The second-order valence-electron chi connectivity index (χ2n) is 7.81. The monoisotopic (exact) mass is 357 g/mol. The van der Waals surface area contributed by atoms with E-state index in [2.05, 4.69) is 4.90 Å². The number of amides is 3. The number of likely N-dealkylation sites (tertiary alicyclic amines) is 1. The van der Waals surface area contributed by atoms with E-state index in [-0.39, 0.29) is 23.5 Å². The summed E-state index contributed by atoms with van der Waals surface area (Å²) in [4.78, 5) is 31.2. The summed E-state index contributed by atoms with van der Waals surface area (Å²) in [6.45, 7) is 3.56. The van der Waals surface area contributed by atoms with Crippen molar-refractivity contribution in [2.45, 2.75) is 37.3 Å². The molecule has 0 N–H and O–H groups in total. The van der Waals surface area contributed by atoms with E-state index < -0.39 is 0 Å². The number of piperidine rings is 1. The fourth-order valence-electron chi connectivity index (χ4n) is 4.68. The first-order valence-electron chi connectivity index (χ1n) is 9.53. The van der Waals surface area contributed by atoms with Crippen LogP contribution < -0.4 is 0 Å². The molecule has 1 aromatic rings. The van der Waals surface area contributed by atoms with Crippen LogP contribution in [0, 0.1) is 0 Å². The number of likely N-dealkylation sites (N-methyl/N-ethyl adjacent to an activating group) is 1. The highest BCUT2D eigenvalue weighted by Gasteiger charge is 2.53. The molecule has 0 aliphatic carbocycles. The molecular weight excluding hydrogens is 330 g/mol. The minimum Gasteiger partial charge on any atom is -0.379 e. The van der Waals surface area contributed by atoms with Crippen LogP contribution in [0.2, 0.25) is 0 Å². The largest absolute Gasteiger partial charge is 0.379 e. The highest BCUT2D eigenvalue weighted by atomic mass is 16.5. The Morgan fingerprint density at radius 2 is 1.96 bits per heavy atom. The molecule has 3 amide bonds. The summed E-state index contributed by atoms with van der Waals surface area (Å²) in [7, 11) is 1.88. The third kappa shape index (κ3) is 3.07. The lowest BCUT2D eigenvalue weighted by molar-refractivity contribution is -0.132. The Kier molecular flexibility index (Phi) is 4.61. The Hall–Kier alpha value is -2.08. The number of urea groups is 1. The topological polar surface area (TPSA) is 53.1 Å². The standard InChI is InChI=1S/C20H27N3O3/c1-21-14-20(9-12-26-15-20)23(19(21)25)17-7-10-22(11-8-17)18(24)13-16-5-3-2-4-6-16/h2-6,17H,7-15H2,1H3. The van der Waals surface area contributed by atoms with E-state index in [9.17, 15) is 9.59 Å². The number of rotatable bonds is 3. The van der Waals surface area contributed by atoms with Crippen molar-refractivity contribution in [3.63, 3.8) is 0 Å². The van der Waals surface area contributed by atoms with Crippen molar-refractivity contribution in [2.75, 3.05) is 39.9 Å². The average molecular weight is 357 g/mol. The third-order valence-corrected chi connectivity index (χ3v) is 6.04. The molecule has 26 heavy (non-hydrogen) atoms. The first kappa shape index (κ1) is 17.3. The van der Waals surface area contributed by atoms with Crippen molar-refractivity contribution in [1.82, 2.24) is 14.7 Å². The van der Waals surface area contributed by atoms with E-state index >= 15 is 0 Å². The molecule has 4 rings (SSSR count). The summed E-state index contributed by atoms with van der Waals surface area (Å²) < 4.78 is 5.64. The van der Waals surface area contributed by atoms with Crippen LogP contribution in [-0.2, 0) is 16.0 Å². The van der Waals surface area contributed by atoms with E-state index in [0.717, 1.165) is 51.1 Å². The Balaban J connectivity index is 1.38. The van der Waals surface area contributed by atoms with Crippen LogP contribution in [0.3, 0.4) is 0 Å². The zero-order valence-corrected chi connectivity index (χ0v) is 15.4. The predicted octanol–water partition coefficient (Wildman–Crippen LogP) is 1.75. The maximum atomic E-state index is 12.7. The number of benzene rings is 1. The molecule has 0 aromatic heterocycles. The normalized spacial score (nSPS) is 27.0. The van der Waals surface area contributed by atoms with Crippen LogP contribution in [0.1, 0.15) is 24.8 Å². The van der Waals surface area contributed by atoms with Crippen molar-refractivity contribution in [3.05, 3.63) is 35.9 Å². The van der Waals surface area contributed by atoms with Gasteiger partial charge in [-0.05, 0) is 24.8 Å². The fourth-order valence-corrected chi connectivity index (χ4v) is 4.68. The van der Waals surface area contributed by atoms with Gasteiger partial charge in [-0.3, -0.25) is 4.79 Å². The molecule has 140 valence electrons. The zero-order chi connectivity index (χ0) is 18.1. The van der Waals surface area contributed by atoms with Gasteiger partial charge in [0.15, 0.2) is 0 Å². The molecule has 3 aliphatic heterocycles. The molecule has 6 nitrogen and oxygen atoms in total. The molecule has 3 saturated heterocycles. The molecule has 0 saturated carbocycles. The van der Waals surface area contributed by atoms with Gasteiger partial charge in [-0.25, -0.2) is 4.79 Å². The quantitative estimate of drug-likeness (QED) is 0.828. The Morgan fingerprint density at radius 3 is 2.62 bits per heavy atom. The van der Waals surface area contributed by atoms with Crippen LogP contribution in [0.15, 0.2) is 30.3 Å². The summed E-state index contributed by atoms with van der Waals surface area (Å²) in [5.74, 6) is 0.179. The van der Waals surface area contributed by atoms with Gasteiger partial charge >= 0.3 is 6.03 Å². The molecule has 3 fully saturated rings. The van der Waals surface area contributed by atoms with Crippen LogP contribution in [-0.4, -0.2) is 78.1 Å². The second-order valence-corrected chi connectivity index (χ2v) is 7.81. The van der Waals surface area contributed by atoms with Gasteiger partial charge in [-0.2, -0.15) is 0 Å². The molecule has 1 aromatic carbocycles. The van der Waals surface area contributed by atoms with Crippen molar-refractivity contribution in [1.29, 1.82) is 0 Å². The van der Waals surface area contributed by atoms with Gasteiger partial charge in [0.05, 0.1) is 18.6 Å². The Bertz CT molecular complexity index is 664. The van der Waals surface area contributed by atoms with Gasteiger partial charge in [0.2, 0.25) is 5.91 Å². The number of hydrogen-bond acceptors (Lipinski definition) is 3. The average Bonchev–Trinajstić information content (AvgIpc) is 3.21. The smallest absolute Gasteiger partial charge is 0.320 e. The van der Waals surface area contributed by atoms with Crippen molar-refractivity contribution >= 4 is 11.9 Å². The van der Waals surface area contributed by atoms with Crippen LogP contribution in [0.4, 0.5) is 4.79 Å². The van der Waals surface area contributed by atoms with Gasteiger partial charge in [0.1, 0.15) is 0 Å². The highest BCUT2D eigenvalue weighted by Crippen LogP contribution is 2.37. The van der Waals surface area contributed by atoms with Crippen LogP contribution in [0.5, 0.6) is 0 Å². The molecule has 3 heterocycles. The number of carbonyl (C=O) groups excluding carboxylic acids is 2. The van der Waals surface area contributed by atoms with E-state index in [4.69, 9.17) is 4.74 Å². The lowest BCUT2D eigenvalue weighted by Gasteiger charge is -2.42.